The summed E-state index contributed by atoms with van der Waals surface area (Å²) in [6.07, 6.45) is 1.83. The van der Waals surface area contributed by atoms with E-state index >= 15 is 0 Å². The Balaban J connectivity index is 2.74. The van der Waals surface area contributed by atoms with Crippen LogP contribution in [0.4, 0.5) is 5.69 Å². The van der Waals surface area contributed by atoms with E-state index in [4.69, 9.17) is 10.00 Å². The van der Waals surface area contributed by atoms with Crippen LogP contribution in [0.25, 0.3) is 0 Å². The number of para-hydroxylation sites is 2. The highest BCUT2D eigenvalue weighted by molar-refractivity contribution is 5.57. The van der Waals surface area contributed by atoms with Crippen molar-refractivity contribution >= 4 is 5.69 Å². The number of methoxy groups -OCH3 is 1. The molecule has 1 aromatic carbocycles. The minimum atomic E-state index is -0.147. The first-order valence-electron chi connectivity index (χ1n) is 5.11. The summed E-state index contributed by atoms with van der Waals surface area (Å²) in [5, 5.41) is 12.1. The predicted octanol–water partition coefficient (Wildman–Crippen LogP) is 2.80. The van der Waals surface area contributed by atoms with Crippen molar-refractivity contribution in [2.24, 2.45) is 0 Å². The highest BCUT2D eigenvalue weighted by atomic mass is 16.5. The van der Waals surface area contributed by atoms with Gasteiger partial charge in [0.2, 0.25) is 0 Å². The molecule has 0 saturated carbocycles. The second-order valence-electron chi connectivity index (χ2n) is 3.31. The highest BCUT2D eigenvalue weighted by Crippen LogP contribution is 2.24. The lowest BCUT2D eigenvalue weighted by atomic mass is 10.1. The second kappa shape index (κ2) is 5.92. The Morgan fingerprint density at radius 2 is 2.20 bits per heavy atom. The average Bonchev–Trinajstić information content (AvgIpc) is 2.29. The molecule has 0 fully saturated rings. The van der Waals surface area contributed by atoms with Crippen LogP contribution >= 0.6 is 0 Å². The van der Waals surface area contributed by atoms with E-state index in [1.54, 1.807) is 7.11 Å². The first-order chi connectivity index (χ1) is 7.31. The van der Waals surface area contributed by atoms with E-state index in [0.29, 0.717) is 0 Å². The average molecular weight is 204 g/mol. The number of nitrogens with one attached hydrogen (secondary N) is 1. The van der Waals surface area contributed by atoms with E-state index in [0.717, 1.165) is 24.3 Å². The summed E-state index contributed by atoms with van der Waals surface area (Å²) in [6, 6.07) is 9.71. The number of hydrogen-bond acceptors (Lipinski definition) is 3. The second-order valence-corrected chi connectivity index (χ2v) is 3.31. The van der Waals surface area contributed by atoms with E-state index < -0.39 is 0 Å². The van der Waals surface area contributed by atoms with Gasteiger partial charge in [-0.25, -0.2) is 0 Å². The van der Waals surface area contributed by atoms with Gasteiger partial charge in [0, 0.05) is 0 Å². The van der Waals surface area contributed by atoms with E-state index in [1.807, 2.05) is 24.3 Å². The van der Waals surface area contributed by atoms with Crippen molar-refractivity contribution in [3.8, 4) is 11.8 Å². The van der Waals surface area contributed by atoms with Gasteiger partial charge in [-0.05, 0) is 18.6 Å². The molecule has 0 amide bonds. The molecule has 0 spiro atoms. The van der Waals surface area contributed by atoms with Gasteiger partial charge in [-0.2, -0.15) is 5.26 Å². The van der Waals surface area contributed by atoms with E-state index in [-0.39, 0.29) is 6.04 Å². The van der Waals surface area contributed by atoms with Crippen LogP contribution in [0.5, 0.6) is 5.75 Å². The minimum absolute atomic E-state index is 0.147. The quantitative estimate of drug-likeness (QED) is 0.802. The molecule has 15 heavy (non-hydrogen) atoms. The van der Waals surface area contributed by atoms with Crippen LogP contribution in [0.2, 0.25) is 0 Å². The number of hydrogen-bond donors (Lipinski definition) is 1. The molecule has 3 heteroatoms. The molecule has 0 aromatic heterocycles. The molecule has 3 nitrogen and oxygen atoms in total. The Morgan fingerprint density at radius 3 is 2.80 bits per heavy atom. The Kier molecular flexibility index (Phi) is 4.49. The summed E-state index contributed by atoms with van der Waals surface area (Å²) in [6.45, 7) is 2.06. The maximum Gasteiger partial charge on any atom is 0.141 e. The molecule has 80 valence electrons. The molecule has 0 saturated heterocycles. The van der Waals surface area contributed by atoms with Gasteiger partial charge in [-0.15, -0.1) is 0 Å². The van der Waals surface area contributed by atoms with Gasteiger partial charge in [0.05, 0.1) is 18.9 Å². The summed E-state index contributed by atoms with van der Waals surface area (Å²) in [7, 11) is 1.63. The number of ether oxygens (including phenoxy) is 1. The van der Waals surface area contributed by atoms with Gasteiger partial charge in [0.1, 0.15) is 11.8 Å². The standard InChI is InChI=1S/C12H16N2O/c1-3-6-10(9-13)14-11-7-4-5-8-12(11)15-2/h4-5,7-8,10,14H,3,6H2,1-2H3. The number of rotatable bonds is 5. The topological polar surface area (TPSA) is 45.0 Å². The van der Waals surface area contributed by atoms with Crippen molar-refractivity contribution in [2.75, 3.05) is 12.4 Å². The first kappa shape index (κ1) is 11.4. The van der Waals surface area contributed by atoms with Crippen molar-refractivity contribution < 1.29 is 4.74 Å². The minimum Gasteiger partial charge on any atom is -0.495 e. The number of nitrogens with zero attached hydrogens (tertiary/aromatic N) is 1. The van der Waals surface area contributed by atoms with Crippen LogP contribution in [-0.2, 0) is 0 Å². The summed E-state index contributed by atoms with van der Waals surface area (Å²) >= 11 is 0. The number of anilines is 1. The van der Waals surface area contributed by atoms with Gasteiger partial charge >= 0.3 is 0 Å². The maximum atomic E-state index is 8.93. The first-order valence-corrected chi connectivity index (χ1v) is 5.11. The van der Waals surface area contributed by atoms with Gasteiger partial charge in [-0.3, -0.25) is 0 Å². The van der Waals surface area contributed by atoms with Gasteiger partial charge < -0.3 is 10.1 Å². The molecule has 0 aliphatic heterocycles. The van der Waals surface area contributed by atoms with E-state index in [1.165, 1.54) is 0 Å². The summed E-state index contributed by atoms with van der Waals surface area (Å²) in [4.78, 5) is 0. The summed E-state index contributed by atoms with van der Waals surface area (Å²) in [5.41, 5.74) is 0.875. The lowest BCUT2D eigenvalue weighted by Gasteiger charge is -2.14. The molecule has 1 unspecified atom stereocenters. The SMILES string of the molecule is CCCC(C#N)Nc1ccccc1OC. The molecule has 0 aliphatic rings. The third kappa shape index (κ3) is 3.17. The third-order valence-electron chi connectivity index (χ3n) is 2.17. The zero-order chi connectivity index (χ0) is 11.1. The molecular formula is C12H16N2O. The van der Waals surface area contributed by atoms with Crippen LogP contribution in [0.1, 0.15) is 19.8 Å². The maximum absolute atomic E-state index is 8.93. The molecule has 1 N–H and O–H groups in total. The molecule has 1 aromatic rings. The van der Waals surface area contributed by atoms with Crippen molar-refractivity contribution in [3.63, 3.8) is 0 Å². The molecule has 1 atom stereocenters. The Labute approximate surface area is 90.7 Å². The Hall–Kier alpha value is -1.69. The zero-order valence-corrected chi connectivity index (χ0v) is 9.16. The largest absolute Gasteiger partial charge is 0.495 e. The van der Waals surface area contributed by atoms with Crippen molar-refractivity contribution in [3.05, 3.63) is 24.3 Å². The molecule has 1 rings (SSSR count). The molecule has 0 aliphatic carbocycles. The summed E-state index contributed by atoms with van der Waals surface area (Å²) in [5.74, 6) is 0.772. The van der Waals surface area contributed by atoms with Crippen LogP contribution in [-0.4, -0.2) is 13.2 Å². The van der Waals surface area contributed by atoms with Crippen LogP contribution < -0.4 is 10.1 Å². The van der Waals surface area contributed by atoms with Gasteiger partial charge in [0.25, 0.3) is 0 Å². The number of nitriles is 1. The van der Waals surface area contributed by atoms with Crippen molar-refractivity contribution in [1.82, 2.24) is 0 Å². The fourth-order valence-electron chi connectivity index (χ4n) is 1.41. The Morgan fingerprint density at radius 1 is 1.47 bits per heavy atom. The lowest BCUT2D eigenvalue weighted by molar-refractivity contribution is 0.416. The van der Waals surface area contributed by atoms with Crippen LogP contribution in [0.3, 0.4) is 0 Å². The molecule has 0 bridgehead atoms. The smallest absolute Gasteiger partial charge is 0.141 e. The van der Waals surface area contributed by atoms with E-state index in [2.05, 4.69) is 18.3 Å². The van der Waals surface area contributed by atoms with Crippen LogP contribution in [0.15, 0.2) is 24.3 Å². The molecule has 0 radical (unpaired) electrons. The monoisotopic (exact) mass is 204 g/mol. The summed E-state index contributed by atoms with van der Waals surface area (Å²) < 4.78 is 5.20. The van der Waals surface area contributed by atoms with E-state index in [9.17, 15) is 0 Å². The Bertz CT molecular complexity index is 344. The predicted molar refractivity (Wildman–Crippen MR) is 60.9 cm³/mol. The lowest BCUT2D eigenvalue weighted by Crippen LogP contribution is -2.17. The third-order valence-corrected chi connectivity index (χ3v) is 2.17. The van der Waals surface area contributed by atoms with Gasteiger partial charge in [-0.1, -0.05) is 25.5 Å². The van der Waals surface area contributed by atoms with Crippen molar-refractivity contribution in [2.45, 2.75) is 25.8 Å². The van der Waals surface area contributed by atoms with Crippen molar-refractivity contribution in [1.29, 1.82) is 5.26 Å². The van der Waals surface area contributed by atoms with Crippen LogP contribution in [0, 0.1) is 11.3 Å². The molecular weight excluding hydrogens is 188 g/mol. The normalized spacial score (nSPS) is 11.5. The fraction of sp³-hybridized carbons (Fsp3) is 0.417. The van der Waals surface area contributed by atoms with Gasteiger partial charge in [0.15, 0.2) is 0 Å². The number of benzene rings is 1. The zero-order valence-electron chi connectivity index (χ0n) is 9.16. The molecule has 0 heterocycles. The fourth-order valence-corrected chi connectivity index (χ4v) is 1.41. The highest BCUT2D eigenvalue weighted by Gasteiger charge is 2.08.